The lowest BCUT2D eigenvalue weighted by Crippen LogP contribution is -2.16. The van der Waals surface area contributed by atoms with Gasteiger partial charge in [-0.15, -0.1) is 0 Å². The van der Waals surface area contributed by atoms with Crippen molar-refractivity contribution >= 4 is 17.7 Å². The van der Waals surface area contributed by atoms with E-state index in [1.165, 1.54) is 30.3 Å². The fourth-order valence-corrected chi connectivity index (χ4v) is 2.28. The van der Waals surface area contributed by atoms with Gasteiger partial charge in [0.25, 0.3) is 0 Å². The normalized spacial score (nSPS) is 12.9. The maximum atomic E-state index is 12.8. The van der Waals surface area contributed by atoms with Crippen LogP contribution in [0, 0.1) is 5.82 Å². The highest BCUT2D eigenvalue weighted by molar-refractivity contribution is 6.02. The molecule has 0 spiro atoms. The van der Waals surface area contributed by atoms with E-state index in [0.717, 1.165) is 5.56 Å². The molecule has 2 aromatic rings. The van der Waals surface area contributed by atoms with Crippen LogP contribution in [0.15, 0.2) is 42.5 Å². The van der Waals surface area contributed by atoms with E-state index in [1.54, 1.807) is 25.3 Å². The first-order chi connectivity index (χ1) is 11.7. The van der Waals surface area contributed by atoms with Gasteiger partial charge in [-0.25, -0.2) is 4.39 Å². The Morgan fingerprint density at radius 3 is 2.71 bits per heavy atom. The molecule has 0 aromatic heterocycles. The Morgan fingerprint density at radius 2 is 1.96 bits per heavy atom. The third-order valence-corrected chi connectivity index (χ3v) is 3.39. The van der Waals surface area contributed by atoms with Gasteiger partial charge < -0.3 is 19.5 Å². The topological polar surface area (TPSA) is 56.8 Å². The second kappa shape index (κ2) is 7.04. The monoisotopic (exact) mass is 329 g/mol. The zero-order chi connectivity index (χ0) is 16.9. The minimum Gasteiger partial charge on any atom is -0.493 e. The number of carbonyl (C=O) groups is 1. The molecule has 1 N–H and O–H groups in total. The predicted molar refractivity (Wildman–Crippen MR) is 88.0 cm³/mol. The van der Waals surface area contributed by atoms with Crippen molar-refractivity contribution in [3.63, 3.8) is 0 Å². The quantitative estimate of drug-likeness (QED) is 0.875. The van der Waals surface area contributed by atoms with Crippen LogP contribution < -0.4 is 19.5 Å². The van der Waals surface area contributed by atoms with Crippen molar-refractivity contribution in [2.45, 2.75) is 0 Å². The summed E-state index contributed by atoms with van der Waals surface area (Å²) in [6, 6.07) is 9.09. The average Bonchev–Trinajstić information content (AvgIpc) is 2.61. The number of benzene rings is 2. The van der Waals surface area contributed by atoms with E-state index in [2.05, 4.69) is 5.32 Å². The van der Waals surface area contributed by atoms with Crippen LogP contribution in [-0.4, -0.2) is 26.2 Å². The summed E-state index contributed by atoms with van der Waals surface area (Å²) in [5.41, 5.74) is 1.26. The highest BCUT2D eigenvalue weighted by atomic mass is 19.1. The molecule has 1 aliphatic heterocycles. The number of hydrogen-bond acceptors (Lipinski definition) is 4. The van der Waals surface area contributed by atoms with Gasteiger partial charge in [0, 0.05) is 11.8 Å². The number of hydrogen-bond donors (Lipinski definition) is 1. The Kier molecular flexibility index (Phi) is 4.65. The molecule has 1 heterocycles. The van der Waals surface area contributed by atoms with E-state index in [-0.39, 0.29) is 11.7 Å². The molecule has 0 unspecified atom stereocenters. The van der Waals surface area contributed by atoms with Crippen molar-refractivity contribution < 1.29 is 23.4 Å². The Balaban J connectivity index is 1.73. The maximum absolute atomic E-state index is 12.8. The minimum absolute atomic E-state index is 0.324. The number of nitrogens with one attached hydrogen (secondary N) is 1. The lowest BCUT2D eigenvalue weighted by atomic mass is 10.1. The van der Waals surface area contributed by atoms with E-state index >= 15 is 0 Å². The molecule has 124 valence electrons. The zero-order valence-electron chi connectivity index (χ0n) is 13.0. The second-order valence-electron chi connectivity index (χ2n) is 5.08. The molecule has 2 aromatic carbocycles. The molecule has 6 heteroatoms. The van der Waals surface area contributed by atoms with Crippen molar-refractivity contribution in [2.75, 3.05) is 25.6 Å². The minimum atomic E-state index is -0.355. The van der Waals surface area contributed by atoms with E-state index in [1.807, 2.05) is 0 Å². The van der Waals surface area contributed by atoms with E-state index in [0.29, 0.717) is 36.1 Å². The Bertz CT molecular complexity index is 754. The summed E-state index contributed by atoms with van der Waals surface area (Å²) in [4.78, 5) is 11.9. The van der Waals surface area contributed by atoms with Crippen LogP contribution in [0.3, 0.4) is 0 Å². The van der Waals surface area contributed by atoms with E-state index in [9.17, 15) is 9.18 Å². The first-order valence-electron chi connectivity index (χ1n) is 7.38. The molecule has 0 saturated carbocycles. The van der Waals surface area contributed by atoms with Gasteiger partial charge in [0.15, 0.2) is 11.5 Å². The number of ether oxygens (including phenoxy) is 3. The highest BCUT2D eigenvalue weighted by Gasteiger charge is 2.17. The molecule has 5 nitrogen and oxygen atoms in total. The molecule has 1 aliphatic rings. The third-order valence-electron chi connectivity index (χ3n) is 3.39. The van der Waals surface area contributed by atoms with Gasteiger partial charge in [0.1, 0.15) is 19.0 Å². The smallest absolute Gasteiger partial charge is 0.248 e. The van der Waals surface area contributed by atoms with Gasteiger partial charge in [-0.05, 0) is 48.0 Å². The summed E-state index contributed by atoms with van der Waals surface area (Å²) in [6.07, 6.45) is 3.02. The van der Waals surface area contributed by atoms with Crippen LogP contribution in [0.2, 0.25) is 0 Å². The molecule has 0 saturated heterocycles. The molecule has 3 rings (SSSR count). The largest absolute Gasteiger partial charge is 0.493 e. The van der Waals surface area contributed by atoms with Gasteiger partial charge in [0.2, 0.25) is 11.7 Å². The molecule has 0 aliphatic carbocycles. The molecule has 0 atom stereocenters. The third kappa shape index (κ3) is 3.65. The van der Waals surface area contributed by atoms with Gasteiger partial charge >= 0.3 is 0 Å². The summed E-state index contributed by atoms with van der Waals surface area (Å²) >= 11 is 0. The fraction of sp³-hybridized carbons (Fsp3) is 0.167. The number of methoxy groups -OCH3 is 1. The fourth-order valence-electron chi connectivity index (χ4n) is 2.28. The number of amides is 1. The number of rotatable bonds is 4. The van der Waals surface area contributed by atoms with Crippen LogP contribution in [-0.2, 0) is 4.79 Å². The van der Waals surface area contributed by atoms with Crippen molar-refractivity contribution in [1.29, 1.82) is 0 Å². The standard InChI is InChI=1S/C18H16FNO4/c1-22-15-10-12(11-16-18(15)24-9-8-23-16)2-7-17(21)20-14-5-3-13(19)4-6-14/h2-7,10-11H,8-9H2,1H3,(H,20,21)/b7-2+. The second-order valence-corrected chi connectivity index (χ2v) is 5.08. The lowest BCUT2D eigenvalue weighted by molar-refractivity contribution is -0.111. The SMILES string of the molecule is COc1cc(/C=C/C(=O)Nc2ccc(F)cc2)cc2c1OCCO2. The molecule has 24 heavy (non-hydrogen) atoms. The van der Waals surface area contributed by atoms with Crippen molar-refractivity contribution in [1.82, 2.24) is 0 Å². The summed E-state index contributed by atoms with van der Waals surface area (Å²) in [7, 11) is 1.54. The number of halogens is 1. The average molecular weight is 329 g/mol. The number of fused-ring (bicyclic) bond motifs is 1. The van der Waals surface area contributed by atoms with Crippen LogP contribution in [0.5, 0.6) is 17.2 Å². The summed E-state index contributed by atoms with van der Waals surface area (Å²) in [6.45, 7) is 0.937. The van der Waals surface area contributed by atoms with Gasteiger partial charge in [-0.2, -0.15) is 0 Å². The van der Waals surface area contributed by atoms with Gasteiger partial charge in [-0.3, -0.25) is 4.79 Å². The predicted octanol–water partition coefficient (Wildman–Crippen LogP) is 3.26. The van der Waals surface area contributed by atoms with Crippen LogP contribution in [0.25, 0.3) is 6.08 Å². The Hall–Kier alpha value is -3.02. The van der Waals surface area contributed by atoms with E-state index in [4.69, 9.17) is 14.2 Å². The van der Waals surface area contributed by atoms with Crippen LogP contribution >= 0.6 is 0 Å². The summed E-state index contributed by atoms with van der Waals surface area (Å²) in [5, 5.41) is 2.65. The molecule has 0 radical (unpaired) electrons. The first kappa shape index (κ1) is 15.9. The van der Waals surface area contributed by atoms with Gasteiger partial charge in [-0.1, -0.05) is 0 Å². The van der Waals surface area contributed by atoms with Crippen molar-refractivity contribution in [2.24, 2.45) is 0 Å². The molecular weight excluding hydrogens is 313 g/mol. The molecular formula is C18H16FNO4. The maximum Gasteiger partial charge on any atom is 0.248 e. The van der Waals surface area contributed by atoms with Crippen LogP contribution in [0.4, 0.5) is 10.1 Å². The number of carbonyl (C=O) groups excluding carboxylic acids is 1. The zero-order valence-corrected chi connectivity index (χ0v) is 13.0. The van der Waals surface area contributed by atoms with Crippen molar-refractivity contribution in [3.8, 4) is 17.2 Å². The van der Waals surface area contributed by atoms with Crippen LogP contribution in [0.1, 0.15) is 5.56 Å². The first-order valence-corrected chi connectivity index (χ1v) is 7.38. The highest BCUT2D eigenvalue weighted by Crippen LogP contribution is 2.40. The molecule has 0 bridgehead atoms. The molecule has 0 fully saturated rings. The van der Waals surface area contributed by atoms with Gasteiger partial charge in [0.05, 0.1) is 7.11 Å². The van der Waals surface area contributed by atoms with Crippen molar-refractivity contribution in [3.05, 3.63) is 53.9 Å². The lowest BCUT2D eigenvalue weighted by Gasteiger charge is -2.20. The Labute approximate surface area is 138 Å². The summed E-state index contributed by atoms with van der Waals surface area (Å²) in [5.74, 6) is 1.02. The number of anilines is 1. The Morgan fingerprint density at radius 1 is 1.21 bits per heavy atom. The summed E-state index contributed by atoms with van der Waals surface area (Å²) < 4.78 is 29.2. The molecule has 1 amide bonds. The van der Waals surface area contributed by atoms with E-state index < -0.39 is 0 Å².